The Balaban J connectivity index is 2.10. The van der Waals surface area contributed by atoms with E-state index in [1.54, 1.807) is 6.07 Å². The van der Waals surface area contributed by atoms with Gasteiger partial charge in [0.25, 0.3) is 0 Å². The molecule has 0 bridgehead atoms. The first-order chi connectivity index (χ1) is 9.08. The molecule has 0 radical (unpaired) electrons. The number of amides is 1. The Labute approximate surface area is 125 Å². The molecule has 0 aliphatic heterocycles. The van der Waals surface area contributed by atoms with Crippen LogP contribution in [0.4, 0.5) is 5.69 Å². The Bertz CT molecular complexity index is 613. The molecule has 2 aromatic carbocycles. The van der Waals surface area contributed by atoms with Crippen molar-refractivity contribution >= 4 is 39.1 Å². The van der Waals surface area contributed by atoms with Crippen LogP contribution < -0.4 is 5.32 Å². The molecule has 0 atom stereocenters. The minimum atomic E-state index is -0.0581. The summed E-state index contributed by atoms with van der Waals surface area (Å²) in [5, 5.41) is 3.53. The van der Waals surface area contributed by atoms with E-state index in [-0.39, 0.29) is 5.91 Å². The summed E-state index contributed by atoms with van der Waals surface area (Å²) in [4.78, 5) is 12.0. The topological polar surface area (TPSA) is 29.1 Å². The minimum absolute atomic E-state index is 0.0581. The molecule has 1 N–H and O–H groups in total. The number of benzene rings is 2. The number of halogens is 2. The lowest BCUT2D eigenvalue weighted by molar-refractivity contribution is -0.115. The predicted molar refractivity (Wildman–Crippen MR) is 82.7 cm³/mol. The molecule has 0 fully saturated rings. The lowest BCUT2D eigenvalue weighted by atomic mass is 10.1. The van der Waals surface area contributed by atoms with Gasteiger partial charge in [-0.25, -0.2) is 0 Å². The molecule has 4 heteroatoms. The number of carbonyl (C=O) groups excluding carboxylic acids is 1. The van der Waals surface area contributed by atoms with E-state index in [9.17, 15) is 4.79 Å². The lowest BCUT2D eigenvalue weighted by Crippen LogP contribution is -2.15. The lowest BCUT2D eigenvalue weighted by Gasteiger charge is -2.10. The molecule has 0 aliphatic carbocycles. The van der Waals surface area contributed by atoms with Gasteiger partial charge in [0.1, 0.15) is 0 Å². The summed E-state index contributed by atoms with van der Waals surface area (Å²) < 4.78 is 0.938. The smallest absolute Gasteiger partial charge is 0.228 e. The van der Waals surface area contributed by atoms with Crippen molar-refractivity contribution in [3.63, 3.8) is 0 Å². The molecule has 2 aromatic rings. The number of carbonyl (C=O) groups is 1. The van der Waals surface area contributed by atoms with Crippen molar-refractivity contribution in [1.82, 2.24) is 0 Å². The third-order valence-electron chi connectivity index (χ3n) is 2.85. The average Bonchev–Trinajstić information content (AvgIpc) is 2.38. The summed E-state index contributed by atoms with van der Waals surface area (Å²) in [5.41, 5.74) is 2.59. The number of nitrogens with one attached hydrogen (secondary N) is 1. The standard InChI is InChI=1S/C15H13BrClNO/c1-10-13(17)7-4-8-14(10)18-15(19)9-11-5-2-3-6-12(11)16/h2-8H,9H2,1H3,(H,18,19). The van der Waals surface area contributed by atoms with Crippen LogP contribution in [-0.2, 0) is 11.2 Å². The molecule has 0 unspecified atom stereocenters. The van der Waals surface area contributed by atoms with Crippen LogP contribution in [-0.4, -0.2) is 5.91 Å². The Morgan fingerprint density at radius 2 is 1.95 bits per heavy atom. The quantitative estimate of drug-likeness (QED) is 0.871. The van der Waals surface area contributed by atoms with Crippen molar-refractivity contribution in [3.05, 3.63) is 63.1 Å². The van der Waals surface area contributed by atoms with E-state index in [0.717, 1.165) is 21.3 Å². The van der Waals surface area contributed by atoms with E-state index in [4.69, 9.17) is 11.6 Å². The fraction of sp³-hybridized carbons (Fsp3) is 0.133. The molecule has 1 amide bonds. The number of anilines is 1. The number of hydrogen-bond acceptors (Lipinski definition) is 1. The fourth-order valence-electron chi connectivity index (χ4n) is 1.75. The van der Waals surface area contributed by atoms with Gasteiger partial charge >= 0.3 is 0 Å². The average molecular weight is 339 g/mol. The van der Waals surface area contributed by atoms with E-state index in [1.807, 2.05) is 43.3 Å². The fourth-order valence-corrected chi connectivity index (χ4v) is 2.35. The third kappa shape index (κ3) is 3.58. The first-order valence-electron chi connectivity index (χ1n) is 5.86. The van der Waals surface area contributed by atoms with Crippen LogP contribution in [0, 0.1) is 6.92 Å². The van der Waals surface area contributed by atoms with Gasteiger partial charge in [0.15, 0.2) is 0 Å². The first-order valence-corrected chi connectivity index (χ1v) is 7.03. The van der Waals surface area contributed by atoms with Gasteiger partial charge in [-0.1, -0.05) is 51.8 Å². The zero-order chi connectivity index (χ0) is 13.8. The Hall–Kier alpha value is -1.32. The highest BCUT2D eigenvalue weighted by Gasteiger charge is 2.09. The summed E-state index contributed by atoms with van der Waals surface area (Å²) >= 11 is 9.46. The molecule has 0 saturated carbocycles. The maximum absolute atomic E-state index is 12.0. The second kappa shape index (κ2) is 6.22. The summed E-state index contributed by atoms with van der Waals surface area (Å²) in [5.74, 6) is -0.0581. The molecule has 0 aromatic heterocycles. The van der Waals surface area contributed by atoms with Crippen LogP contribution in [0.3, 0.4) is 0 Å². The number of rotatable bonds is 3. The molecule has 0 spiro atoms. The summed E-state index contributed by atoms with van der Waals surface area (Å²) in [6, 6.07) is 13.2. The Morgan fingerprint density at radius 3 is 2.68 bits per heavy atom. The zero-order valence-electron chi connectivity index (χ0n) is 10.4. The maximum atomic E-state index is 12.0. The molecular weight excluding hydrogens is 326 g/mol. The zero-order valence-corrected chi connectivity index (χ0v) is 12.8. The molecule has 0 aliphatic rings. The van der Waals surface area contributed by atoms with Crippen molar-refractivity contribution in [2.45, 2.75) is 13.3 Å². The first kappa shape index (κ1) is 14.1. The maximum Gasteiger partial charge on any atom is 0.228 e. The van der Waals surface area contributed by atoms with Crippen LogP contribution in [0.15, 0.2) is 46.9 Å². The van der Waals surface area contributed by atoms with Crippen molar-refractivity contribution in [1.29, 1.82) is 0 Å². The van der Waals surface area contributed by atoms with E-state index in [2.05, 4.69) is 21.2 Å². The number of hydrogen-bond donors (Lipinski definition) is 1. The second-order valence-corrected chi connectivity index (χ2v) is 5.49. The van der Waals surface area contributed by atoms with Crippen molar-refractivity contribution in [2.24, 2.45) is 0 Å². The van der Waals surface area contributed by atoms with Gasteiger partial charge in [-0.2, -0.15) is 0 Å². The monoisotopic (exact) mass is 337 g/mol. The van der Waals surface area contributed by atoms with E-state index < -0.39 is 0 Å². The molecule has 19 heavy (non-hydrogen) atoms. The van der Waals surface area contributed by atoms with Gasteiger partial charge in [-0.05, 0) is 36.2 Å². The van der Waals surface area contributed by atoms with Crippen LogP contribution >= 0.6 is 27.5 Å². The van der Waals surface area contributed by atoms with Crippen molar-refractivity contribution in [2.75, 3.05) is 5.32 Å². The molecular formula is C15H13BrClNO. The molecule has 2 rings (SSSR count). The predicted octanol–water partition coefficient (Wildman–Crippen LogP) is 4.59. The highest BCUT2D eigenvalue weighted by Crippen LogP contribution is 2.23. The second-order valence-electron chi connectivity index (χ2n) is 4.23. The molecule has 0 heterocycles. The van der Waals surface area contributed by atoms with Crippen LogP contribution in [0.5, 0.6) is 0 Å². The van der Waals surface area contributed by atoms with Gasteiger partial charge in [0.05, 0.1) is 6.42 Å². The normalized spacial score (nSPS) is 10.3. The van der Waals surface area contributed by atoms with Gasteiger partial charge in [-0.15, -0.1) is 0 Å². The summed E-state index contributed by atoms with van der Waals surface area (Å²) in [7, 11) is 0. The van der Waals surface area contributed by atoms with Gasteiger partial charge in [-0.3, -0.25) is 4.79 Å². The Kier molecular flexibility index (Phi) is 4.61. The van der Waals surface area contributed by atoms with E-state index in [1.165, 1.54) is 0 Å². The highest BCUT2D eigenvalue weighted by molar-refractivity contribution is 9.10. The van der Waals surface area contributed by atoms with Crippen LogP contribution in [0.25, 0.3) is 0 Å². The molecule has 2 nitrogen and oxygen atoms in total. The van der Waals surface area contributed by atoms with Crippen LogP contribution in [0.2, 0.25) is 5.02 Å². The van der Waals surface area contributed by atoms with E-state index >= 15 is 0 Å². The highest BCUT2D eigenvalue weighted by atomic mass is 79.9. The van der Waals surface area contributed by atoms with Crippen molar-refractivity contribution in [3.8, 4) is 0 Å². The molecule has 0 saturated heterocycles. The van der Waals surface area contributed by atoms with Crippen LogP contribution in [0.1, 0.15) is 11.1 Å². The third-order valence-corrected chi connectivity index (χ3v) is 4.03. The van der Waals surface area contributed by atoms with Gasteiger partial charge in [0.2, 0.25) is 5.91 Å². The summed E-state index contributed by atoms with van der Waals surface area (Å²) in [6.45, 7) is 1.89. The Morgan fingerprint density at radius 1 is 1.21 bits per heavy atom. The van der Waals surface area contributed by atoms with Gasteiger partial charge < -0.3 is 5.32 Å². The van der Waals surface area contributed by atoms with E-state index in [0.29, 0.717) is 11.4 Å². The SMILES string of the molecule is Cc1c(Cl)cccc1NC(=O)Cc1ccccc1Br. The van der Waals surface area contributed by atoms with Gasteiger partial charge in [0, 0.05) is 15.2 Å². The minimum Gasteiger partial charge on any atom is -0.326 e. The molecule has 98 valence electrons. The summed E-state index contributed by atoms with van der Waals surface area (Å²) in [6.07, 6.45) is 0.327. The largest absolute Gasteiger partial charge is 0.326 e. The van der Waals surface area contributed by atoms with Crippen molar-refractivity contribution < 1.29 is 4.79 Å².